The molecule has 14 heavy (non-hydrogen) atoms. The molecule has 1 aliphatic heterocycles. The number of hydrogen-bond donors (Lipinski definition) is 1. The van der Waals surface area contributed by atoms with Crippen LogP contribution in [0.4, 0.5) is 0 Å². The first-order valence-corrected chi connectivity index (χ1v) is 5.40. The van der Waals surface area contributed by atoms with Gasteiger partial charge in [-0.05, 0) is 28.8 Å². The number of carboxylic acids is 1. The molecule has 0 fully saturated rings. The molecule has 1 aromatic rings. The highest BCUT2D eigenvalue weighted by Crippen LogP contribution is 2.34. The number of aliphatic carboxylic acids is 1. The van der Waals surface area contributed by atoms with Gasteiger partial charge in [-0.15, -0.1) is 0 Å². The number of halogens is 1. The number of carboxylic acid groups (broad SMARTS) is 1. The fraction of sp³-hybridized carbons (Fsp3) is 0.556. The van der Waals surface area contributed by atoms with Crippen LogP contribution >= 0.6 is 15.9 Å². The van der Waals surface area contributed by atoms with Gasteiger partial charge in [0, 0.05) is 12.5 Å². The van der Waals surface area contributed by atoms with Crippen LogP contribution < -0.4 is 0 Å². The molecule has 0 spiro atoms. The minimum atomic E-state index is -0.739. The zero-order valence-electron chi connectivity index (χ0n) is 7.61. The maximum absolute atomic E-state index is 10.7. The third-order valence-electron chi connectivity index (χ3n) is 2.59. The monoisotopic (exact) mass is 258 g/mol. The highest BCUT2D eigenvalue weighted by molar-refractivity contribution is 9.10. The van der Waals surface area contributed by atoms with Crippen molar-refractivity contribution in [3.8, 4) is 0 Å². The van der Waals surface area contributed by atoms with Gasteiger partial charge >= 0.3 is 5.97 Å². The number of hydrogen-bond acceptors (Lipinski definition) is 2. The summed E-state index contributed by atoms with van der Waals surface area (Å²) < 4.78 is 2.84. The third-order valence-corrected chi connectivity index (χ3v) is 3.20. The Morgan fingerprint density at radius 3 is 3.29 bits per heavy atom. The van der Waals surface area contributed by atoms with E-state index in [-0.39, 0.29) is 12.3 Å². The lowest BCUT2D eigenvalue weighted by molar-refractivity contribution is -0.137. The quantitative estimate of drug-likeness (QED) is 0.883. The Morgan fingerprint density at radius 2 is 2.57 bits per heavy atom. The molecule has 1 unspecified atom stereocenters. The van der Waals surface area contributed by atoms with E-state index in [1.54, 1.807) is 6.33 Å². The minimum Gasteiger partial charge on any atom is -0.481 e. The summed E-state index contributed by atoms with van der Waals surface area (Å²) in [5, 5.41) is 8.77. The number of imidazole rings is 1. The summed E-state index contributed by atoms with van der Waals surface area (Å²) in [6.07, 6.45) is 3.95. The molecule has 0 aliphatic carbocycles. The maximum atomic E-state index is 10.7. The van der Waals surface area contributed by atoms with Gasteiger partial charge in [0.1, 0.15) is 4.60 Å². The Labute approximate surface area is 90.1 Å². The van der Waals surface area contributed by atoms with Crippen LogP contribution in [0.3, 0.4) is 0 Å². The number of nitrogens with zero attached hydrogens (tertiary/aromatic N) is 2. The zero-order chi connectivity index (χ0) is 10.1. The largest absolute Gasteiger partial charge is 0.481 e. The van der Waals surface area contributed by atoms with Crippen LogP contribution in [0, 0.1) is 0 Å². The number of rotatable bonds is 2. The Kier molecular flexibility index (Phi) is 2.58. The second-order valence-corrected chi connectivity index (χ2v) is 4.30. The fourth-order valence-corrected chi connectivity index (χ4v) is 2.65. The number of fused-ring (bicyclic) bond motifs is 1. The van der Waals surface area contributed by atoms with Crippen molar-refractivity contribution in [2.75, 3.05) is 0 Å². The summed E-state index contributed by atoms with van der Waals surface area (Å²) in [5.74, 6) is -0.630. The van der Waals surface area contributed by atoms with E-state index in [2.05, 4.69) is 20.9 Å². The second-order valence-electron chi connectivity index (χ2n) is 3.55. The van der Waals surface area contributed by atoms with Gasteiger partial charge < -0.3 is 9.67 Å². The molecule has 0 aromatic carbocycles. The Bertz CT molecular complexity index is 362. The van der Waals surface area contributed by atoms with Crippen molar-refractivity contribution >= 4 is 21.9 Å². The molecule has 5 heteroatoms. The molecule has 0 saturated carbocycles. The summed E-state index contributed by atoms with van der Waals surface area (Å²) >= 11 is 3.36. The third kappa shape index (κ3) is 1.68. The lowest BCUT2D eigenvalue weighted by Crippen LogP contribution is -2.17. The van der Waals surface area contributed by atoms with Gasteiger partial charge in [-0.25, -0.2) is 4.98 Å². The van der Waals surface area contributed by atoms with Gasteiger partial charge in [-0.2, -0.15) is 0 Å². The number of carbonyl (C=O) groups is 1. The van der Waals surface area contributed by atoms with E-state index in [0.29, 0.717) is 0 Å². The van der Waals surface area contributed by atoms with Crippen LogP contribution in [-0.4, -0.2) is 20.6 Å². The molecular formula is C9H11BrN2O2. The van der Waals surface area contributed by atoms with Gasteiger partial charge in [-0.1, -0.05) is 0 Å². The average molecular weight is 259 g/mol. The molecule has 2 rings (SSSR count). The average Bonchev–Trinajstić information content (AvgIpc) is 2.48. The molecule has 1 N–H and O–H groups in total. The van der Waals surface area contributed by atoms with E-state index in [1.165, 1.54) is 0 Å². The lowest BCUT2D eigenvalue weighted by atomic mass is 9.93. The molecule has 0 amide bonds. The van der Waals surface area contributed by atoms with Gasteiger partial charge in [0.15, 0.2) is 0 Å². The molecule has 1 atom stereocenters. The molecule has 0 bridgehead atoms. The first-order valence-electron chi connectivity index (χ1n) is 4.61. The molecule has 1 aromatic heterocycles. The van der Waals surface area contributed by atoms with Crippen LogP contribution in [-0.2, 0) is 11.3 Å². The van der Waals surface area contributed by atoms with Gasteiger partial charge in [0.2, 0.25) is 0 Å². The van der Waals surface area contributed by atoms with Crippen LogP contribution in [0.5, 0.6) is 0 Å². The normalized spacial score (nSPS) is 20.5. The first-order chi connectivity index (χ1) is 6.68. The lowest BCUT2D eigenvalue weighted by Gasteiger charge is -2.23. The number of aromatic nitrogens is 2. The molecule has 1 aliphatic rings. The molecule has 2 heterocycles. The summed E-state index contributed by atoms with van der Waals surface area (Å²) in [4.78, 5) is 14.8. The summed E-state index contributed by atoms with van der Waals surface area (Å²) in [6.45, 7) is 0.948. The van der Waals surface area contributed by atoms with Crippen LogP contribution in [0.1, 0.15) is 30.9 Å². The Balaban J connectivity index is 2.29. The van der Waals surface area contributed by atoms with Crippen LogP contribution in [0.15, 0.2) is 10.9 Å². The number of aryl methyl sites for hydroxylation is 1. The topological polar surface area (TPSA) is 55.1 Å². The molecule has 0 saturated heterocycles. The Morgan fingerprint density at radius 1 is 1.79 bits per heavy atom. The van der Waals surface area contributed by atoms with Crippen molar-refractivity contribution in [1.29, 1.82) is 0 Å². The highest BCUT2D eigenvalue weighted by atomic mass is 79.9. The van der Waals surface area contributed by atoms with Crippen LogP contribution in [0.2, 0.25) is 0 Å². The summed E-state index contributed by atoms with van der Waals surface area (Å²) in [7, 11) is 0. The summed E-state index contributed by atoms with van der Waals surface area (Å²) in [6, 6.07) is 0. The van der Waals surface area contributed by atoms with Crippen molar-refractivity contribution in [2.24, 2.45) is 0 Å². The van der Waals surface area contributed by atoms with Crippen molar-refractivity contribution < 1.29 is 9.90 Å². The van der Waals surface area contributed by atoms with E-state index in [4.69, 9.17) is 5.11 Å². The Hall–Kier alpha value is -0.840. The minimum absolute atomic E-state index is 0.109. The van der Waals surface area contributed by atoms with E-state index in [1.807, 2.05) is 4.57 Å². The molecule has 4 nitrogen and oxygen atoms in total. The van der Waals surface area contributed by atoms with Crippen molar-refractivity contribution in [2.45, 2.75) is 31.7 Å². The van der Waals surface area contributed by atoms with E-state index in [9.17, 15) is 4.79 Å². The van der Waals surface area contributed by atoms with Crippen molar-refractivity contribution in [3.05, 3.63) is 16.6 Å². The smallest absolute Gasteiger partial charge is 0.304 e. The molecular weight excluding hydrogens is 248 g/mol. The maximum Gasteiger partial charge on any atom is 0.304 e. The predicted molar refractivity (Wildman–Crippen MR) is 54.2 cm³/mol. The SMILES string of the molecule is O=C(O)CC1CCCn2cnc(Br)c21. The second kappa shape index (κ2) is 3.73. The van der Waals surface area contributed by atoms with Gasteiger partial charge in [-0.3, -0.25) is 4.79 Å². The highest BCUT2D eigenvalue weighted by Gasteiger charge is 2.25. The van der Waals surface area contributed by atoms with Crippen molar-refractivity contribution in [3.63, 3.8) is 0 Å². The van der Waals surface area contributed by atoms with E-state index >= 15 is 0 Å². The first kappa shape index (κ1) is 9.71. The van der Waals surface area contributed by atoms with E-state index in [0.717, 1.165) is 29.7 Å². The standard InChI is InChI=1S/C9H11BrN2O2/c10-9-8-6(4-7(13)14)2-1-3-12(8)5-11-9/h5-6H,1-4H2,(H,13,14). The van der Waals surface area contributed by atoms with E-state index < -0.39 is 5.97 Å². The predicted octanol–water partition coefficient (Wildman–Crippen LogP) is 2.00. The zero-order valence-corrected chi connectivity index (χ0v) is 9.20. The molecule has 76 valence electrons. The van der Waals surface area contributed by atoms with Crippen molar-refractivity contribution in [1.82, 2.24) is 9.55 Å². The fourth-order valence-electron chi connectivity index (χ4n) is 2.00. The van der Waals surface area contributed by atoms with Gasteiger partial charge in [0.25, 0.3) is 0 Å². The van der Waals surface area contributed by atoms with Gasteiger partial charge in [0.05, 0.1) is 18.4 Å². The summed E-state index contributed by atoms with van der Waals surface area (Å²) in [5.41, 5.74) is 1.04. The van der Waals surface area contributed by atoms with Crippen LogP contribution in [0.25, 0.3) is 0 Å². The molecule has 0 radical (unpaired) electrons.